The Labute approximate surface area is 255 Å². The molecule has 232 valence electrons. The first kappa shape index (κ1) is 33.2. The molecule has 0 aliphatic heterocycles. The van der Waals surface area contributed by atoms with Gasteiger partial charge in [0.1, 0.15) is 18.7 Å². The van der Waals surface area contributed by atoms with Crippen LogP contribution in [0.5, 0.6) is 0 Å². The summed E-state index contributed by atoms with van der Waals surface area (Å²) in [5, 5.41) is 25.1. The van der Waals surface area contributed by atoms with E-state index < -0.39 is 34.8 Å². The fourth-order valence-electron chi connectivity index (χ4n) is 5.06. The fourth-order valence-corrected chi connectivity index (χ4v) is 6.03. The highest BCUT2D eigenvalue weighted by molar-refractivity contribution is 8.00. The maximum Gasteiger partial charge on any atom is 0.407 e. The molecule has 1 aliphatic rings. The van der Waals surface area contributed by atoms with E-state index in [-0.39, 0.29) is 43.2 Å². The average Bonchev–Trinajstić information content (AvgIpc) is 3.27. The zero-order valence-corrected chi connectivity index (χ0v) is 25.6. The topological polar surface area (TPSA) is 187 Å². The summed E-state index contributed by atoms with van der Waals surface area (Å²) < 4.78 is 4.72. The zero-order chi connectivity index (χ0) is 31.7. The standard InChI is InChI=1S/C30H40N6O6S/c1-18(37)34-17-43-30(2,3)25(26(38)36(4)24(27(39)40)14-9-15-33-28(31)32)35-29(41)42-16-23-21-12-7-5-10-19(21)20-11-6-8-13-22(20)23/h5-8,10-13,23-25H,9,14-17H2,1-4H3,(H,34,37)(H,35,41)(H,39,40)(H4,31,32,33)/t24-,25+/m0/s1. The summed E-state index contributed by atoms with van der Waals surface area (Å²) in [6.45, 7) is 5.13. The Morgan fingerprint density at radius 2 is 1.65 bits per heavy atom. The highest BCUT2D eigenvalue weighted by Crippen LogP contribution is 2.44. The Balaban J connectivity index is 1.77. The summed E-state index contributed by atoms with van der Waals surface area (Å²) in [5.74, 6) is -2.33. The smallest absolute Gasteiger partial charge is 0.407 e. The maximum absolute atomic E-state index is 13.8. The number of ether oxygens (including phenoxy) is 1. The van der Waals surface area contributed by atoms with E-state index in [1.54, 1.807) is 13.8 Å². The van der Waals surface area contributed by atoms with Crippen LogP contribution >= 0.6 is 11.8 Å². The van der Waals surface area contributed by atoms with Crippen LogP contribution in [0.2, 0.25) is 0 Å². The van der Waals surface area contributed by atoms with Crippen LogP contribution in [0.3, 0.4) is 0 Å². The number of fused-ring (bicyclic) bond motifs is 3. The number of rotatable bonds is 14. The van der Waals surface area contributed by atoms with Gasteiger partial charge >= 0.3 is 12.1 Å². The first-order valence-electron chi connectivity index (χ1n) is 13.9. The summed E-state index contributed by atoms with van der Waals surface area (Å²) in [6, 6.07) is 13.5. The van der Waals surface area contributed by atoms with E-state index in [0.717, 1.165) is 27.2 Å². The van der Waals surface area contributed by atoms with Crippen LogP contribution < -0.4 is 21.7 Å². The molecule has 0 unspecified atom stereocenters. The molecular weight excluding hydrogens is 572 g/mol. The number of carbonyl (C=O) groups excluding carboxylic acids is 3. The third-order valence-electron chi connectivity index (χ3n) is 7.38. The van der Waals surface area contributed by atoms with Gasteiger partial charge in [0, 0.05) is 31.2 Å². The van der Waals surface area contributed by atoms with Crippen LogP contribution in [0.15, 0.2) is 48.5 Å². The Bertz CT molecular complexity index is 1310. The summed E-state index contributed by atoms with van der Waals surface area (Å²) in [4.78, 5) is 51.7. The first-order valence-corrected chi connectivity index (χ1v) is 14.9. The van der Waals surface area contributed by atoms with Gasteiger partial charge in [0.2, 0.25) is 11.8 Å². The van der Waals surface area contributed by atoms with Crippen LogP contribution in [0.25, 0.3) is 11.1 Å². The molecule has 0 radical (unpaired) electrons. The van der Waals surface area contributed by atoms with Crippen LogP contribution in [-0.2, 0) is 19.1 Å². The number of nitrogens with one attached hydrogen (secondary N) is 4. The number of hydrogen-bond acceptors (Lipinski definition) is 7. The maximum atomic E-state index is 13.8. The van der Waals surface area contributed by atoms with Gasteiger partial charge in [0.15, 0.2) is 5.96 Å². The van der Waals surface area contributed by atoms with E-state index in [1.165, 1.54) is 25.7 Å². The number of likely N-dealkylation sites (N-methyl/N-ethyl adjacent to an activating group) is 1. The minimum absolute atomic E-state index is 0.0387. The van der Waals surface area contributed by atoms with Crippen LogP contribution in [0.1, 0.15) is 50.7 Å². The fraction of sp³-hybridized carbons (Fsp3) is 0.433. The number of nitrogens with zero attached hydrogens (tertiary/aromatic N) is 1. The van der Waals surface area contributed by atoms with Crippen molar-refractivity contribution in [3.8, 4) is 11.1 Å². The van der Waals surface area contributed by atoms with Crippen molar-refractivity contribution in [3.63, 3.8) is 0 Å². The molecule has 0 saturated carbocycles. The molecule has 0 heterocycles. The van der Waals surface area contributed by atoms with Gasteiger partial charge in [0.05, 0.1) is 5.88 Å². The zero-order valence-electron chi connectivity index (χ0n) is 24.8. The quantitative estimate of drug-likeness (QED) is 0.0807. The van der Waals surface area contributed by atoms with Crippen molar-refractivity contribution in [1.29, 1.82) is 5.41 Å². The molecule has 0 bridgehead atoms. The van der Waals surface area contributed by atoms with Crippen molar-refractivity contribution >= 4 is 41.6 Å². The van der Waals surface area contributed by atoms with Gasteiger partial charge < -0.3 is 36.4 Å². The molecule has 0 aromatic heterocycles. The number of alkyl carbamates (subject to hydrolysis) is 1. The molecule has 2 aromatic rings. The second-order valence-corrected chi connectivity index (χ2v) is 12.4. The summed E-state index contributed by atoms with van der Waals surface area (Å²) in [6.07, 6.45) is -0.395. The van der Waals surface area contributed by atoms with Gasteiger partial charge in [-0.3, -0.25) is 15.0 Å². The van der Waals surface area contributed by atoms with E-state index in [9.17, 15) is 24.3 Å². The van der Waals surface area contributed by atoms with Crippen molar-refractivity contribution < 1.29 is 29.0 Å². The lowest BCUT2D eigenvalue weighted by atomic mass is 9.98. The Kier molecular flexibility index (Phi) is 11.4. The number of carbonyl (C=O) groups is 4. The van der Waals surface area contributed by atoms with Crippen LogP contribution in [0, 0.1) is 5.41 Å². The van der Waals surface area contributed by atoms with Crippen molar-refractivity contribution in [2.45, 2.75) is 56.4 Å². The molecule has 0 fully saturated rings. The molecular formula is C30H40N6O6S. The Morgan fingerprint density at radius 3 is 2.19 bits per heavy atom. The lowest BCUT2D eigenvalue weighted by molar-refractivity contribution is -0.150. The molecule has 7 N–H and O–H groups in total. The molecule has 12 nitrogen and oxygen atoms in total. The lowest BCUT2D eigenvalue weighted by Gasteiger charge is -2.37. The van der Waals surface area contributed by atoms with Crippen molar-refractivity contribution in [3.05, 3.63) is 59.7 Å². The van der Waals surface area contributed by atoms with E-state index in [4.69, 9.17) is 15.9 Å². The molecule has 3 rings (SSSR count). The molecule has 2 atom stereocenters. The predicted octanol–water partition coefficient (Wildman–Crippen LogP) is 2.67. The van der Waals surface area contributed by atoms with Crippen LogP contribution in [-0.4, -0.2) is 82.7 Å². The third-order valence-corrected chi connectivity index (χ3v) is 8.65. The molecule has 0 spiro atoms. The normalized spacial score (nSPS) is 13.6. The SMILES string of the molecule is CC(=O)NCSC(C)(C)[C@H](NC(=O)OCC1c2ccccc2-c2ccccc21)C(=O)N(C)[C@@H](CCCNC(=N)N)C(=O)O. The minimum atomic E-state index is -1.21. The highest BCUT2D eigenvalue weighted by atomic mass is 32.2. The third kappa shape index (κ3) is 8.63. The second-order valence-electron chi connectivity index (χ2n) is 10.8. The number of nitrogens with two attached hydrogens (primary N) is 1. The minimum Gasteiger partial charge on any atom is -0.480 e. The second kappa shape index (κ2) is 14.8. The molecule has 43 heavy (non-hydrogen) atoms. The number of amides is 3. The number of carboxylic acids is 1. The Hall–Kier alpha value is -4.26. The van der Waals surface area contributed by atoms with Crippen LogP contribution in [0.4, 0.5) is 4.79 Å². The van der Waals surface area contributed by atoms with Gasteiger partial charge in [-0.25, -0.2) is 9.59 Å². The van der Waals surface area contributed by atoms with Gasteiger partial charge in [-0.15, -0.1) is 11.8 Å². The van der Waals surface area contributed by atoms with E-state index in [0.29, 0.717) is 6.42 Å². The number of guanidine groups is 1. The van der Waals surface area contributed by atoms with E-state index in [2.05, 4.69) is 16.0 Å². The predicted molar refractivity (Wildman–Crippen MR) is 166 cm³/mol. The number of aliphatic carboxylic acids is 1. The van der Waals surface area contributed by atoms with Gasteiger partial charge in [0.25, 0.3) is 0 Å². The largest absolute Gasteiger partial charge is 0.480 e. The Morgan fingerprint density at radius 1 is 1.07 bits per heavy atom. The van der Waals surface area contributed by atoms with Crippen molar-refractivity contribution in [2.24, 2.45) is 5.73 Å². The van der Waals surface area contributed by atoms with E-state index >= 15 is 0 Å². The van der Waals surface area contributed by atoms with Gasteiger partial charge in [-0.2, -0.15) is 0 Å². The van der Waals surface area contributed by atoms with Crippen molar-refractivity contribution in [1.82, 2.24) is 20.9 Å². The molecule has 13 heteroatoms. The van der Waals surface area contributed by atoms with Gasteiger partial charge in [-0.05, 0) is 48.9 Å². The summed E-state index contributed by atoms with van der Waals surface area (Å²) in [5.41, 5.74) is 9.53. The summed E-state index contributed by atoms with van der Waals surface area (Å²) in [7, 11) is 1.38. The van der Waals surface area contributed by atoms with Gasteiger partial charge in [-0.1, -0.05) is 48.5 Å². The molecule has 1 aliphatic carbocycles. The number of thioether (sulfide) groups is 1. The molecule has 3 amide bonds. The monoisotopic (exact) mass is 612 g/mol. The average molecular weight is 613 g/mol. The van der Waals surface area contributed by atoms with Crippen molar-refractivity contribution in [2.75, 3.05) is 26.1 Å². The number of carboxylic acid groups (broad SMARTS) is 1. The number of hydrogen-bond donors (Lipinski definition) is 6. The number of benzene rings is 2. The van der Waals surface area contributed by atoms with E-state index in [1.807, 2.05) is 48.5 Å². The lowest BCUT2D eigenvalue weighted by Crippen LogP contribution is -2.59. The molecule has 2 aromatic carbocycles. The first-order chi connectivity index (χ1) is 20.3. The highest BCUT2D eigenvalue weighted by Gasteiger charge is 2.42. The molecule has 0 saturated heterocycles. The summed E-state index contributed by atoms with van der Waals surface area (Å²) >= 11 is 1.23.